The Kier molecular flexibility index (Phi) is 4.00. The molecule has 0 saturated carbocycles. The molecule has 3 aromatic heterocycles. The number of nitrogens with zero attached hydrogens (tertiary/aromatic N) is 4. The Morgan fingerprint density at radius 1 is 1.29 bits per heavy atom. The van der Waals surface area contributed by atoms with Crippen LogP contribution in [0.4, 0.5) is 19.0 Å². The van der Waals surface area contributed by atoms with Crippen LogP contribution in [0, 0.1) is 6.92 Å². The largest absolute Gasteiger partial charge is 0.468 e. The van der Waals surface area contributed by atoms with Gasteiger partial charge in [0.2, 0.25) is 5.88 Å². The van der Waals surface area contributed by atoms with E-state index in [2.05, 4.69) is 19.8 Å². The van der Waals surface area contributed by atoms with E-state index in [0.717, 1.165) is 16.5 Å². The van der Waals surface area contributed by atoms with Crippen molar-refractivity contribution in [1.82, 2.24) is 19.7 Å². The van der Waals surface area contributed by atoms with E-state index in [1.165, 1.54) is 6.20 Å². The first kappa shape index (κ1) is 16.0. The Morgan fingerprint density at radius 2 is 2.08 bits per heavy atom. The molecule has 3 aromatic rings. The fraction of sp³-hybridized carbons (Fsp3) is 0.267. The van der Waals surface area contributed by atoms with Crippen LogP contribution >= 0.6 is 0 Å². The number of pyridine rings is 2. The van der Waals surface area contributed by atoms with Gasteiger partial charge in [-0.1, -0.05) is 0 Å². The predicted molar refractivity (Wildman–Crippen MR) is 81.6 cm³/mol. The van der Waals surface area contributed by atoms with E-state index in [1.807, 2.05) is 0 Å². The number of hydrogen-bond acceptors (Lipinski definition) is 5. The quantitative estimate of drug-likeness (QED) is 0.792. The average molecular weight is 337 g/mol. The third kappa shape index (κ3) is 3.55. The summed E-state index contributed by atoms with van der Waals surface area (Å²) in [6.45, 7) is 0.683. The van der Waals surface area contributed by atoms with E-state index in [9.17, 15) is 13.2 Å². The van der Waals surface area contributed by atoms with Crippen LogP contribution in [0.3, 0.4) is 0 Å². The summed E-state index contributed by atoms with van der Waals surface area (Å²) in [6, 6.07) is 3.46. The molecular formula is C15H14F3N5O. The topological polar surface area (TPSA) is 78.9 Å². The minimum absolute atomic E-state index is 0.0323. The molecule has 3 rings (SSSR count). The van der Waals surface area contributed by atoms with Gasteiger partial charge >= 0.3 is 6.18 Å². The highest BCUT2D eigenvalue weighted by atomic mass is 19.4. The van der Waals surface area contributed by atoms with Gasteiger partial charge in [0.05, 0.1) is 17.4 Å². The zero-order valence-electron chi connectivity index (χ0n) is 12.7. The molecule has 126 valence electrons. The molecule has 0 aliphatic rings. The SMILES string of the molecule is Cc1cc(Cn2cc3c(N)nccc3n2)cnc1OCC(F)(F)F. The van der Waals surface area contributed by atoms with Crippen LogP contribution in [-0.4, -0.2) is 32.5 Å². The van der Waals surface area contributed by atoms with Gasteiger partial charge in [-0.25, -0.2) is 9.97 Å². The zero-order valence-corrected chi connectivity index (χ0v) is 12.7. The van der Waals surface area contributed by atoms with E-state index in [-0.39, 0.29) is 5.88 Å². The molecule has 0 aliphatic carbocycles. The summed E-state index contributed by atoms with van der Waals surface area (Å²) in [5.74, 6) is 0.360. The fourth-order valence-electron chi connectivity index (χ4n) is 2.29. The molecule has 0 amide bonds. The smallest absolute Gasteiger partial charge is 0.422 e. The Bertz CT molecular complexity index is 875. The highest BCUT2D eigenvalue weighted by Gasteiger charge is 2.28. The Balaban J connectivity index is 1.77. The summed E-state index contributed by atoms with van der Waals surface area (Å²) in [5.41, 5.74) is 7.82. The maximum absolute atomic E-state index is 12.2. The number of aromatic nitrogens is 4. The average Bonchev–Trinajstić information content (AvgIpc) is 2.89. The molecule has 0 unspecified atom stereocenters. The molecule has 0 spiro atoms. The van der Waals surface area contributed by atoms with Crippen LogP contribution in [0.2, 0.25) is 0 Å². The van der Waals surface area contributed by atoms with Crippen LogP contribution in [-0.2, 0) is 6.54 Å². The number of nitrogen functional groups attached to an aromatic ring is 1. The molecule has 0 bridgehead atoms. The Hall–Kier alpha value is -2.84. The van der Waals surface area contributed by atoms with Crippen molar-refractivity contribution < 1.29 is 17.9 Å². The Labute approximate surface area is 135 Å². The summed E-state index contributed by atoms with van der Waals surface area (Å²) in [6.07, 6.45) is 0.414. The van der Waals surface area contributed by atoms with Gasteiger partial charge < -0.3 is 10.5 Å². The van der Waals surface area contributed by atoms with Crippen molar-refractivity contribution in [1.29, 1.82) is 0 Å². The van der Waals surface area contributed by atoms with Crippen molar-refractivity contribution in [2.75, 3.05) is 12.3 Å². The number of nitrogens with two attached hydrogens (primary N) is 1. The van der Waals surface area contributed by atoms with E-state index < -0.39 is 12.8 Å². The van der Waals surface area contributed by atoms with Crippen LogP contribution in [0.1, 0.15) is 11.1 Å². The van der Waals surface area contributed by atoms with Gasteiger partial charge in [0.15, 0.2) is 6.61 Å². The molecule has 0 fully saturated rings. The first-order valence-corrected chi connectivity index (χ1v) is 7.04. The lowest BCUT2D eigenvalue weighted by atomic mass is 10.2. The highest BCUT2D eigenvalue weighted by Crippen LogP contribution is 2.21. The lowest BCUT2D eigenvalue weighted by Gasteiger charge is -2.11. The van der Waals surface area contributed by atoms with Gasteiger partial charge in [0, 0.05) is 24.2 Å². The number of fused-ring (bicyclic) bond motifs is 1. The van der Waals surface area contributed by atoms with Crippen molar-refractivity contribution in [3.63, 3.8) is 0 Å². The molecule has 0 radical (unpaired) electrons. The number of halogens is 3. The highest BCUT2D eigenvalue weighted by molar-refractivity contribution is 5.87. The summed E-state index contributed by atoms with van der Waals surface area (Å²) in [7, 11) is 0. The number of alkyl halides is 3. The van der Waals surface area contributed by atoms with Crippen molar-refractivity contribution in [2.24, 2.45) is 0 Å². The lowest BCUT2D eigenvalue weighted by molar-refractivity contribution is -0.154. The maximum atomic E-state index is 12.2. The minimum atomic E-state index is -4.39. The van der Waals surface area contributed by atoms with Crippen LogP contribution in [0.25, 0.3) is 10.9 Å². The van der Waals surface area contributed by atoms with Gasteiger partial charge in [-0.15, -0.1) is 0 Å². The number of anilines is 1. The zero-order chi connectivity index (χ0) is 17.3. The first-order chi connectivity index (χ1) is 11.3. The second-order valence-electron chi connectivity index (χ2n) is 5.33. The lowest BCUT2D eigenvalue weighted by Crippen LogP contribution is -2.20. The van der Waals surface area contributed by atoms with Crippen LogP contribution < -0.4 is 10.5 Å². The Morgan fingerprint density at radius 3 is 2.75 bits per heavy atom. The summed E-state index contributed by atoms with van der Waals surface area (Å²) in [5, 5.41) is 5.12. The number of aryl methyl sites for hydroxylation is 1. The third-order valence-electron chi connectivity index (χ3n) is 3.32. The number of ether oxygens (including phenoxy) is 1. The summed E-state index contributed by atoms with van der Waals surface area (Å²) < 4.78 is 42.9. The van der Waals surface area contributed by atoms with Crippen LogP contribution in [0.5, 0.6) is 5.88 Å². The second-order valence-corrected chi connectivity index (χ2v) is 5.33. The van der Waals surface area contributed by atoms with Gasteiger partial charge in [0.25, 0.3) is 0 Å². The van der Waals surface area contributed by atoms with Crippen molar-refractivity contribution in [2.45, 2.75) is 19.6 Å². The molecule has 0 aromatic carbocycles. The van der Waals surface area contributed by atoms with Gasteiger partial charge in [-0.2, -0.15) is 18.3 Å². The van der Waals surface area contributed by atoms with Crippen LogP contribution in [0.15, 0.2) is 30.7 Å². The van der Waals surface area contributed by atoms with Gasteiger partial charge in [-0.3, -0.25) is 4.68 Å². The molecule has 2 N–H and O–H groups in total. The standard InChI is InChI=1S/C15H14F3N5O/c1-9-4-10(5-21-14(9)24-8-15(16,17)18)6-23-7-11-12(22-23)2-3-20-13(11)19/h2-5,7H,6,8H2,1H3,(H2,19,20). The van der Waals surface area contributed by atoms with Gasteiger partial charge in [-0.05, 0) is 24.6 Å². The molecule has 6 nitrogen and oxygen atoms in total. The number of rotatable bonds is 4. The van der Waals surface area contributed by atoms with E-state index in [4.69, 9.17) is 5.73 Å². The van der Waals surface area contributed by atoms with E-state index in [0.29, 0.717) is 17.9 Å². The van der Waals surface area contributed by atoms with Gasteiger partial charge in [0.1, 0.15) is 5.82 Å². The minimum Gasteiger partial charge on any atom is -0.468 e. The molecule has 0 saturated heterocycles. The molecule has 0 atom stereocenters. The monoisotopic (exact) mass is 337 g/mol. The fourth-order valence-corrected chi connectivity index (χ4v) is 2.29. The first-order valence-electron chi connectivity index (χ1n) is 7.04. The number of hydrogen-bond donors (Lipinski definition) is 1. The van der Waals surface area contributed by atoms with E-state index >= 15 is 0 Å². The summed E-state index contributed by atoms with van der Waals surface area (Å²) >= 11 is 0. The van der Waals surface area contributed by atoms with Crippen molar-refractivity contribution >= 4 is 16.7 Å². The molecule has 24 heavy (non-hydrogen) atoms. The third-order valence-corrected chi connectivity index (χ3v) is 3.32. The summed E-state index contributed by atoms with van der Waals surface area (Å²) in [4.78, 5) is 7.95. The second kappa shape index (κ2) is 5.99. The normalized spacial score (nSPS) is 11.8. The maximum Gasteiger partial charge on any atom is 0.422 e. The molecule has 9 heteroatoms. The predicted octanol–water partition coefficient (Wildman–Crippen LogP) is 2.71. The molecular weight excluding hydrogens is 323 g/mol. The van der Waals surface area contributed by atoms with Crippen molar-refractivity contribution in [3.8, 4) is 5.88 Å². The molecule has 3 heterocycles. The molecule has 0 aliphatic heterocycles. The van der Waals surface area contributed by atoms with Crippen molar-refractivity contribution in [3.05, 3.63) is 41.9 Å². The van der Waals surface area contributed by atoms with E-state index in [1.54, 1.807) is 36.1 Å².